The fourth-order valence-electron chi connectivity index (χ4n) is 3.44. The average Bonchev–Trinajstić information content (AvgIpc) is 2.74. The molecule has 0 atom stereocenters. The molecule has 1 N–H and O–H groups in total. The van der Waals surface area contributed by atoms with Gasteiger partial charge in [-0.25, -0.2) is 0 Å². The van der Waals surface area contributed by atoms with Gasteiger partial charge in [0.25, 0.3) is 0 Å². The smallest absolute Gasteiger partial charge is 0.193 e. The third-order valence-corrected chi connectivity index (χ3v) is 5.07. The second-order valence-electron chi connectivity index (χ2n) is 6.97. The summed E-state index contributed by atoms with van der Waals surface area (Å²) < 4.78 is 16.0. The van der Waals surface area contributed by atoms with E-state index < -0.39 is 0 Å². The van der Waals surface area contributed by atoms with Gasteiger partial charge < -0.3 is 24.4 Å². The minimum absolute atomic E-state index is 0.842. The van der Waals surface area contributed by atoms with Crippen molar-refractivity contribution in [2.24, 2.45) is 4.99 Å². The van der Waals surface area contributed by atoms with E-state index in [0.29, 0.717) is 0 Å². The summed E-state index contributed by atoms with van der Waals surface area (Å²) in [6.07, 6.45) is 3.43. The van der Waals surface area contributed by atoms with E-state index in [-0.39, 0.29) is 0 Å². The SMILES string of the molecule is CN=C(NCCCCCOC)N1CCN(Cc2cc(OC)ccc2OC)CC1. The largest absolute Gasteiger partial charge is 0.497 e. The van der Waals surface area contributed by atoms with Crippen molar-refractivity contribution < 1.29 is 14.2 Å². The summed E-state index contributed by atoms with van der Waals surface area (Å²) in [6.45, 7) is 6.58. The highest BCUT2D eigenvalue weighted by Crippen LogP contribution is 2.25. The Labute approximate surface area is 169 Å². The highest BCUT2D eigenvalue weighted by Gasteiger charge is 2.20. The molecule has 7 heteroatoms. The Bertz CT molecular complexity index is 601. The Morgan fingerprint density at radius 1 is 1.04 bits per heavy atom. The van der Waals surface area contributed by atoms with Gasteiger partial charge in [-0.2, -0.15) is 0 Å². The molecule has 1 saturated heterocycles. The molecule has 0 aliphatic carbocycles. The normalized spacial score (nSPS) is 15.6. The number of guanidine groups is 1. The maximum absolute atomic E-state index is 5.51. The van der Waals surface area contributed by atoms with Crippen LogP contribution in [0.25, 0.3) is 0 Å². The van der Waals surface area contributed by atoms with Crippen LogP contribution in [0, 0.1) is 0 Å². The molecular weight excluding hydrogens is 356 g/mol. The van der Waals surface area contributed by atoms with Crippen molar-refractivity contribution >= 4 is 5.96 Å². The molecule has 158 valence electrons. The minimum atomic E-state index is 0.842. The summed E-state index contributed by atoms with van der Waals surface area (Å²) in [5, 5.41) is 3.49. The van der Waals surface area contributed by atoms with Gasteiger partial charge in [0.15, 0.2) is 5.96 Å². The number of piperazine rings is 1. The third kappa shape index (κ3) is 6.87. The molecule has 1 aliphatic rings. The van der Waals surface area contributed by atoms with E-state index in [1.165, 1.54) is 6.42 Å². The number of hydrogen-bond acceptors (Lipinski definition) is 5. The van der Waals surface area contributed by atoms with Crippen molar-refractivity contribution in [1.82, 2.24) is 15.1 Å². The van der Waals surface area contributed by atoms with Gasteiger partial charge >= 0.3 is 0 Å². The van der Waals surface area contributed by atoms with Gasteiger partial charge in [0.2, 0.25) is 0 Å². The highest BCUT2D eigenvalue weighted by molar-refractivity contribution is 5.79. The van der Waals surface area contributed by atoms with Gasteiger partial charge in [-0.15, -0.1) is 0 Å². The van der Waals surface area contributed by atoms with E-state index in [1.807, 2.05) is 19.2 Å². The summed E-state index contributed by atoms with van der Waals surface area (Å²) in [5.41, 5.74) is 1.16. The lowest BCUT2D eigenvalue weighted by Crippen LogP contribution is -2.52. The summed E-state index contributed by atoms with van der Waals surface area (Å²) in [4.78, 5) is 9.25. The number of nitrogens with one attached hydrogen (secondary N) is 1. The zero-order chi connectivity index (χ0) is 20.2. The van der Waals surface area contributed by atoms with Gasteiger partial charge in [0, 0.05) is 65.6 Å². The molecule has 0 saturated carbocycles. The second-order valence-corrected chi connectivity index (χ2v) is 6.97. The minimum Gasteiger partial charge on any atom is -0.497 e. The third-order valence-electron chi connectivity index (χ3n) is 5.07. The number of nitrogens with zero attached hydrogens (tertiary/aromatic N) is 3. The Morgan fingerprint density at radius 3 is 2.46 bits per heavy atom. The Kier molecular flexibility index (Phi) is 9.93. The first kappa shape index (κ1) is 22.3. The standard InChI is InChI=1S/C21H36N4O3/c1-22-21(23-10-6-5-7-15-26-2)25-13-11-24(12-14-25)17-18-16-19(27-3)8-9-20(18)28-4/h8-9,16H,5-7,10-15,17H2,1-4H3,(H,22,23). The van der Waals surface area contributed by atoms with Crippen molar-refractivity contribution in [3.05, 3.63) is 23.8 Å². The number of hydrogen-bond donors (Lipinski definition) is 1. The first-order chi connectivity index (χ1) is 13.7. The van der Waals surface area contributed by atoms with Crippen molar-refractivity contribution in [3.63, 3.8) is 0 Å². The molecule has 0 unspecified atom stereocenters. The van der Waals surface area contributed by atoms with Crippen LogP contribution < -0.4 is 14.8 Å². The quantitative estimate of drug-likeness (QED) is 0.374. The van der Waals surface area contributed by atoms with Gasteiger partial charge in [0.05, 0.1) is 14.2 Å². The maximum Gasteiger partial charge on any atom is 0.193 e. The maximum atomic E-state index is 5.51. The van der Waals surface area contributed by atoms with Crippen LogP contribution in [0.2, 0.25) is 0 Å². The Balaban J connectivity index is 1.78. The summed E-state index contributed by atoms with van der Waals surface area (Å²) in [7, 11) is 7.03. The lowest BCUT2D eigenvalue weighted by Gasteiger charge is -2.36. The predicted octanol–water partition coefficient (Wildman–Crippen LogP) is 2.21. The Morgan fingerprint density at radius 2 is 1.82 bits per heavy atom. The molecule has 2 rings (SSSR count). The van der Waals surface area contributed by atoms with E-state index >= 15 is 0 Å². The molecule has 1 aliphatic heterocycles. The molecule has 1 fully saturated rings. The molecule has 28 heavy (non-hydrogen) atoms. The van der Waals surface area contributed by atoms with Gasteiger partial charge in [-0.05, 0) is 37.5 Å². The molecular formula is C21H36N4O3. The number of methoxy groups -OCH3 is 3. The topological polar surface area (TPSA) is 58.6 Å². The summed E-state index contributed by atoms with van der Waals surface area (Å²) >= 11 is 0. The number of ether oxygens (including phenoxy) is 3. The summed E-state index contributed by atoms with van der Waals surface area (Å²) in [5.74, 6) is 2.78. The van der Waals surface area contributed by atoms with Gasteiger partial charge in [0.1, 0.15) is 11.5 Å². The fraction of sp³-hybridized carbons (Fsp3) is 0.667. The van der Waals surface area contributed by atoms with Crippen molar-refractivity contribution in [2.45, 2.75) is 25.8 Å². The van der Waals surface area contributed by atoms with Crippen molar-refractivity contribution in [2.75, 3.05) is 67.7 Å². The molecule has 0 aromatic heterocycles. The zero-order valence-corrected chi connectivity index (χ0v) is 17.9. The number of unbranched alkanes of at least 4 members (excludes halogenated alkanes) is 2. The van der Waals surface area contributed by atoms with Crippen molar-refractivity contribution in [3.8, 4) is 11.5 Å². The predicted molar refractivity (Wildman–Crippen MR) is 113 cm³/mol. The molecule has 1 aromatic carbocycles. The van der Waals surface area contributed by atoms with Crippen LogP contribution >= 0.6 is 0 Å². The Hall–Kier alpha value is -1.99. The van der Waals surface area contributed by atoms with E-state index in [9.17, 15) is 0 Å². The van der Waals surface area contributed by atoms with E-state index in [0.717, 1.165) is 81.7 Å². The molecule has 1 heterocycles. The van der Waals surface area contributed by atoms with Crippen LogP contribution in [-0.2, 0) is 11.3 Å². The molecule has 0 bridgehead atoms. The van der Waals surface area contributed by atoms with Gasteiger partial charge in [-0.1, -0.05) is 0 Å². The van der Waals surface area contributed by atoms with Crippen molar-refractivity contribution in [1.29, 1.82) is 0 Å². The van der Waals surface area contributed by atoms with Crippen LogP contribution in [0.15, 0.2) is 23.2 Å². The molecule has 0 amide bonds. The summed E-state index contributed by atoms with van der Waals surface area (Å²) in [6, 6.07) is 5.98. The lowest BCUT2D eigenvalue weighted by molar-refractivity contribution is 0.171. The number of benzene rings is 1. The van der Waals surface area contributed by atoms with E-state index in [4.69, 9.17) is 14.2 Å². The van der Waals surface area contributed by atoms with Crippen LogP contribution in [0.5, 0.6) is 11.5 Å². The van der Waals surface area contributed by atoms with Crippen LogP contribution in [0.4, 0.5) is 0 Å². The number of aliphatic imine (C=N–C) groups is 1. The van der Waals surface area contributed by atoms with E-state index in [1.54, 1.807) is 21.3 Å². The number of rotatable bonds is 10. The fourth-order valence-corrected chi connectivity index (χ4v) is 3.44. The first-order valence-electron chi connectivity index (χ1n) is 10.1. The second kappa shape index (κ2) is 12.5. The molecule has 0 spiro atoms. The molecule has 0 radical (unpaired) electrons. The van der Waals surface area contributed by atoms with E-state index in [2.05, 4.69) is 26.2 Å². The van der Waals surface area contributed by atoms with Crippen LogP contribution in [-0.4, -0.2) is 83.5 Å². The van der Waals surface area contributed by atoms with Crippen LogP contribution in [0.3, 0.4) is 0 Å². The first-order valence-corrected chi connectivity index (χ1v) is 10.1. The highest BCUT2D eigenvalue weighted by atomic mass is 16.5. The average molecular weight is 393 g/mol. The molecule has 7 nitrogen and oxygen atoms in total. The molecule has 1 aromatic rings. The lowest BCUT2D eigenvalue weighted by atomic mass is 10.1. The monoisotopic (exact) mass is 392 g/mol. The van der Waals surface area contributed by atoms with Gasteiger partial charge in [-0.3, -0.25) is 9.89 Å². The van der Waals surface area contributed by atoms with Crippen LogP contribution in [0.1, 0.15) is 24.8 Å². The zero-order valence-electron chi connectivity index (χ0n) is 17.9.